The summed E-state index contributed by atoms with van der Waals surface area (Å²) in [4.78, 5) is 15.3. The number of carbonyl (C=O) groups excluding carboxylic acids is 1. The second kappa shape index (κ2) is 11.9. The van der Waals surface area contributed by atoms with Crippen molar-refractivity contribution in [3.63, 3.8) is 0 Å². The van der Waals surface area contributed by atoms with Gasteiger partial charge in [0.1, 0.15) is 35.4 Å². The molecule has 0 unspecified atom stereocenters. The highest BCUT2D eigenvalue weighted by molar-refractivity contribution is 5.98. The smallest absolute Gasteiger partial charge is 0.420 e. The molecule has 10 nitrogen and oxygen atoms in total. The molecule has 0 spiro atoms. The highest BCUT2D eigenvalue weighted by Crippen LogP contribution is 2.39. The minimum atomic E-state index is -0.732. The van der Waals surface area contributed by atoms with Gasteiger partial charge >= 0.3 is 6.09 Å². The number of hydrogen-bond acceptors (Lipinski definition) is 8. The monoisotopic (exact) mass is 534 g/mol. The van der Waals surface area contributed by atoms with E-state index in [2.05, 4.69) is 16.5 Å². The van der Waals surface area contributed by atoms with E-state index in [-0.39, 0.29) is 12.1 Å². The number of nitrogens with zero attached hydrogens (tertiary/aromatic N) is 4. The van der Waals surface area contributed by atoms with E-state index in [9.17, 15) is 10.1 Å². The maximum Gasteiger partial charge on any atom is 0.420 e. The number of fused-ring (bicyclic) bond motifs is 1. The van der Waals surface area contributed by atoms with E-state index < -0.39 is 11.7 Å². The minimum absolute atomic E-state index is 0.173. The fourth-order valence-corrected chi connectivity index (χ4v) is 4.83. The second-order valence-electron chi connectivity index (χ2n) is 10.8. The van der Waals surface area contributed by atoms with Gasteiger partial charge in [0.2, 0.25) is 0 Å². The van der Waals surface area contributed by atoms with Crippen molar-refractivity contribution < 1.29 is 19.0 Å². The van der Waals surface area contributed by atoms with Crippen molar-refractivity contribution in [3.8, 4) is 11.8 Å². The molecule has 3 aromatic rings. The third-order valence-corrected chi connectivity index (χ3v) is 6.73. The van der Waals surface area contributed by atoms with Crippen LogP contribution < -0.4 is 20.7 Å². The molecule has 0 radical (unpaired) electrons. The van der Waals surface area contributed by atoms with Crippen LogP contribution in [0.3, 0.4) is 0 Å². The summed E-state index contributed by atoms with van der Waals surface area (Å²) >= 11 is 0. The Labute approximate surface area is 229 Å². The SMILES string of the molecule is COCCOc1ccc(N(C(=O)OC(C)(C)C)c2c(C)c(NC3CCC(N)CC3)c(C#N)c3ccnn23)cc1. The summed E-state index contributed by atoms with van der Waals surface area (Å²) in [7, 11) is 1.62. The van der Waals surface area contributed by atoms with Crippen molar-refractivity contribution in [3.05, 3.63) is 47.7 Å². The molecule has 1 amide bonds. The Bertz CT molecular complexity index is 1330. The zero-order valence-corrected chi connectivity index (χ0v) is 23.4. The van der Waals surface area contributed by atoms with Gasteiger partial charge in [0.05, 0.1) is 29.7 Å². The number of ether oxygens (including phenoxy) is 3. The minimum Gasteiger partial charge on any atom is -0.491 e. The standard InChI is InChI=1S/C29H38N6O4/c1-19-26(33-21-8-6-20(31)7-9-21)24(18-30)25-14-15-32-35(25)27(19)34(28(36)39-29(2,3)4)22-10-12-23(13-11-22)38-17-16-37-5/h10-15,20-21,33H,6-9,16-17,31H2,1-5H3. The summed E-state index contributed by atoms with van der Waals surface area (Å²) in [5.41, 5.74) is 8.45. The molecule has 2 heterocycles. The summed E-state index contributed by atoms with van der Waals surface area (Å²) in [5.74, 6) is 1.14. The molecule has 39 heavy (non-hydrogen) atoms. The lowest BCUT2D eigenvalue weighted by molar-refractivity contribution is 0.0597. The van der Waals surface area contributed by atoms with E-state index in [0.717, 1.165) is 25.7 Å². The first kappa shape index (κ1) is 28.2. The van der Waals surface area contributed by atoms with Gasteiger partial charge in [-0.25, -0.2) is 14.2 Å². The van der Waals surface area contributed by atoms with Gasteiger partial charge in [-0.2, -0.15) is 10.4 Å². The number of benzene rings is 1. The highest BCUT2D eigenvalue weighted by atomic mass is 16.6. The van der Waals surface area contributed by atoms with E-state index >= 15 is 0 Å². The number of aromatic nitrogens is 2. The largest absolute Gasteiger partial charge is 0.491 e. The Morgan fingerprint density at radius 1 is 1.18 bits per heavy atom. The van der Waals surface area contributed by atoms with Gasteiger partial charge in [-0.15, -0.1) is 0 Å². The lowest BCUT2D eigenvalue weighted by atomic mass is 9.91. The zero-order valence-electron chi connectivity index (χ0n) is 23.4. The van der Waals surface area contributed by atoms with E-state index in [1.54, 1.807) is 48.2 Å². The maximum absolute atomic E-state index is 13.8. The van der Waals surface area contributed by atoms with Crippen LogP contribution in [-0.2, 0) is 9.47 Å². The van der Waals surface area contributed by atoms with Crippen LogP contribution in [-0.4, -0.2) is 53.7 Å². The maximum atomic E-state index is 13.8. The van der Waals surface area contributed by atoms with Gasteiger partial charge in [-0.1, -0.05) is 0 Å². The van der Waals surface area contributed by atoms with Crippen molar-refractivity contribution in [1.82, 2.24) is 9.61 Å². The zero-order chi connectivity index (χ0) is 28.2. The Hall–Kier alpha value is -3.81. The summed E-state index contributed by atoms with van der Waals surface area (Å²) in [5, 5.41) is 18.3. The number of nitrogens with two attached hydrogens (primary N) is 1. The van der Waals surface area contributed by atoms with Gasteiger partial charge in [0, 0.05) is 24.8 Å². The Morgan fingerprint density at radius 2 is 1.87 bits per heavy atom. The first-order chi connectivity index (χ1) is 18.6. The molecular formula is C29H38N6O4. The molecule has 0 aliphatic heterocycles. The normalized spacial score (nSPS) is 17.5. The molecule has 1 fully saturated rings. The predicted molar refractivity (Wildman–Crippen MR) is 151 cm³/mol. The molecule has 0 atom stereocenters. The van der Waals surface area contributed by atoms with Crippen LogP contribution in [0.2, 0.25) is 0 Å². The number of methoxy groups -OCH3 is 1. The van der Waals surface area contributed by atoms with Crippen LogP contribution in [0.1, 0.15) is 57.6 Å². The number of carbonyl (C=O) groups is 1. The average Bonchev–Trinajstić information content (AvgIpc) is 3.37. The summed E-state index contributed by atoms with van der Waals surface area (Å²) in [6.07, 6.45) is 4.72. The summed E-state index contributed by atoms with van der Waals surface area (Å²) in [6.45, 7) is 8.25. The molecule has 1 aromatic carbocycles. The predicted octanol–water partition coefficient (Wildman–Crippen LogP) is 5.29. The van der Waals surface area contributed by atoms with Crippen LogP contribution in [0.15, 0.2) is 36.5 Å². The number of hydrogen-bond donors (Lipinski definition) is 2. The van der Waals surface area contributed by atoms with Crippen LogP contribution >= 0.6 is 0 Å². The molecule has 10 heteroatoms. The third-order valence-electron chi connectivity index (χ3n) is 6.73. The molecule has 1 aliphatic carbocycles. The van der Waals surface area contributed by atoms with E-state index in [1.807, 2.05) is 27.7 Å². The van der Waals surface area contributed by atoms with Gasteiger partial charge in [-0.05, 0) is 83.7 Å². The molecule has 0 saturated heterocycles. The average molecular weight is 535 g/mol. The van der Waals surface area contributed by atoms with Crippen molar-refractivity contribution >= 4 is 28.8 Å². The first-order valence-corrected chi connectivity index (χ1v) is 13.3. The molecule has 0 bridgehead atoms. The number of pyridine rings is 1. The van der Waals surface area contributed by atoms with Crippen LogP contribution in [0.25, 0.3) is 5.52 Å². The number of nitriles is 1. The molecule has 4 rings (SSSR count). The molecule has 2 aromatic heterocycles. The van der Waals surface area contributed by atoms with Crippen molar-refractivity contribution in [2.24, 2.45) is 5.73 Å². The summed E-state index contributed by atoms with van der Waals surface area (Å²) < 4.78 is 18.3. The van der Waals surface area contributed by atoms with Crippen molar-refractivity contribution in [2.45, 2.75) is 71.1 Å². The Kier molecular flexibility index (Phi) is 8.63. The Morgan fingerprint density at radius 3 is 2.49 bits per heavy atom. The van der Waals surface area contributed by atoms with Gasteiger partial charge in [0.15, 0.2) is 0 Å². The number of nitrogens with one attached hydrogen (secondary N) is 1. The van der Waals surface area contributed by atoms with Crippen LogP contribution in [0, 0.1) is 18.3 Å². The van der Waals surface area contributed by atoms with Crippen molar-refractivity contribution in [1.29, 1.82) is 5.26 Å². The second-order valence-corrected chi connectivity index (χ2v) is 10.8. The van der Waals surface area contributed by atoms with E-state index in [1.165, 1.54) is 4.90 Å². The number of anilines is 3. The lowest BCUT2D eigenvalue weighted by Crippen LogP contribution is -2.36. The van der Waals surface area contributed by atoms with Gasteiger partial charge in [0.25, 0.3) is 0 Å². The van der Waals surface area contributed by atoms with Crippen LogP contribution in [0.4, 0.5) is 22.0 Å². The van der Waals surface area contributed by atoms with E-state index in [4.69, 9.17) is 19.9 Å². The Balaban J connectivity index is 1.84. The molecular weight excluding hydrogens is 496 g/mol. The lowest BCUT2D eigenvalue weighted by Gasteiger charge is -2.32. The molecule has 208 valence electrons. The fourth-order valence-electron chi connectivity index (χ4n) is 4.83. The molecule has 1 aliphatic rings. The molecule has 3 N–H and O–H groups in total. The van der Waals surface area contributed by atoms with Gasteiger partial charge < -0.3 is 25.3 Å². The highest BCUT2D eigenvalue weighted by Gasteiger charge is 2.31. The number of amides is 1. The van der Waals surface area contributed by atoms with E-state index in [0.29, 0.717) is 52.8 Å². The third kappa shape index (κ3) is 6.44. The van der Waals surface area contributed by atoms with Crippen LogP contribution in [0.5, 0.6) is 5.75 Å². The fraction of sp³-hybridized carbons (Fsp3) is 0.483. The topological polar surface area (TPSA) is 127 Å². The molecule has 1 saturated carbocycles. The number of rotatable bonds is 8. The van der Waals surface area contributed by atoms with Gasteiger partial charge in [-0.3, -0.25) is 0 Å². The summed E-state index contributed by atoms with van der Waals surface area (Å²) in [6, 6.07) is 11.7. The quantitative estimate of drug-likeness (QED) is 0.373. The first-order valence-electron chi connectivity index (χ1n) is 13.3. The van der Waals surface area contributed by atoms with Crippen molar-refractivity contribution in [2.75, 3.05) is 30.5 Å².